The molecule has 0 spiro atoms. The van der Waals surface area contributed by atoms with E-state index < -0.39 is 68.2 Å². The van der Waals surface area contributed by atoms with E-state index in [4.69, 9.17) is 4.74 Å². The molecule has 1 atom stereocenters. The molecule has 1 unspecified atom stereocenters. The maximum atomic E-state index is 14.6. The van der Waals surface area contributed by atoms with Crippen LogP contribution in [0.1, 0.15) is 11.1 Å². The summed E-state index contributed by atoms with van der Waals surface area (Å²) >= 11 is 0. The van der Waals surface area contributed by atoms with Crippen LogP contribution in [-0.2, 0) is 21.8 Å². The highest BCUT2D eigenvalue weighted by molar-refractivity contribution is 7.90. The number of benzene rings is 3. The molecule has 8 nitrogen and oxygen atoms in total. The van der Waals surface area contributed by atoms with Gasteiger partial charge in [0.1, 0.15) is 18.5 Å². The van der Waals surface area contributed by atoms with Crippen LogP contribution in [0, 0.1) is 21.7 Å². The molecule has 0 aromatic heterocycles. The molecule has 0 bridgehead atoms. The Morgan fingerprint density at radius 3 is 2.37 bits per heavy atom. The predicted molar refractivity (Wildman–Crippen MR) is 127 cm³/mol. The summed E-state index contributed by atoms with van der Waals surface area (Å²) in [6, 6.07) is 10.4. The van der Waals surface area contributed by atoms with Crippen molar-refractivity contribution in [3.63, 3.8) is 0 Å². The number of nitrogens with zero attached hydrogens (tertiary/aromatic N) is 1. The fourth-order valence-corrected chi connectivity index (χ4v) is 4.69. The fourth-order valence-electron chi connectivity index (χ4n) is 3.45. The highest BCUT2D eigenvalue weighted by atomic mass is 32.2. The number of halogens is 5. The fraction of sp³-hybridized carbons (Fsp3) is 0.250. The first kappa shape index (κ1) is 28.9. The van der Waals surface area contributed by atoms with E-state index in [1.807, 2.05) is 0 Å². The number of alkyl halides is 3. The molecule has 3 aromatic carbocycles. The highest BCUT2D eigenvalue weighted by Gasteiger charge is 2.33. The number of nitrogens with one attached hydrogen (secondary N) is 1. The summed E-state index contributed by atoms with van der Waals surface area (Å²) in [7, 11) is -3.96. The zero-order chi connectivity index (χ0) is 28.1. The average Bonchev–Trinajstić information content (AvgIpc) is 2.83. The van der Waals surface area contributed by atoms with E-state index in [1.54, 1.807) is 0 Å². The molecule has 14 heteroatoms. The lowest BCUT2D eigenvalue weighted by molar-refractivity contribution is -0.385. The molecule has 3 rings (SSSR count). The van der Waals surface area contributed by atoms with Crippen LogP contribution in [0.15, 0.2) is 60.7 Å². The van der Waals surface area contributed by atoms with Crippen LogP contribution < -0.4 is 10.1 Å². The number of rotatable bonds is 11. The molecule has 204 valence electrons. The molecule has 0 amide bonds. The van der Waals surface area contributed by atoms with Gasteiger partial charge in [-0.3, -0.25) is 10.1 Å². The van der Waals surface area contributed by atoms with E-state index in [-0.39, 0.29) is 29.0 Å². The Kier molecular flexibility index (Phi) is 9.01. The van der Waals surface area contributed by atoms with Gasteiger partial charge in [-0.25, -0.2) is 17.2 Å². The molecule has 2 N–H and O–H groups in total. The molecular weight excluding hydrogens is 539 g/mol. The third kappa shape index (κ3) is 7.69. The van der Waals surface area contributed by atoms with E-state index in [2.05, 4.69) is 5.32 Å². The van der Waals surface area contributed by atoms with Crippen LogP contribution in [0.5, 0.6) is 5.75 Å². The van der Waals surface area contributed by atoms with Crippen LogP contribution in [0.2, 0.25) is 0 Å². The minimum Gasteiger partial charge on any atom is -0.488 e. The Balaban J connectivity index is 1.55. The number of aliphatic hydroxyl groups excluding tert-OH is 1. The first-order valence-corrected chi connectivity index (χ1v) is 12.7. The van der Waals surface area contributed by atoms with Gasteiger partial charge < -0.3 is 15.2 Å². The lowest BCUT2D eigenvalue weighted by atomic mass is 9.98. The summed E-state index contributed by atoms with van der Waals surface area (Å²) in [5, 5.41) is 23.0. The lowest BCUT2D eigenvalue weighted by Crippen LogP contribution is -2.35. The van der Waals surface area contributed by atoms with Crippen molar-refractivity contribution in [3.8, 4) is 16.9 Å². The largest absolute Gasteiger partial charge is 0.488 e. The molecule has 0 aliphatic rings. The van der Waals surface area contributed by atoms with Gasteiger partial charge in [0.25, 0.3) is 5.69 Å². The smallest absolute Gasteiger partial charge is 0.417 e. The highest BCUT2D eigenvalue weighted by Crippen LogP contribution is 2.37. The zero-order valence-electron chi connectivity index (χ0n) is 19.4. The average molecular weight is 560 g/mol. The standard InChI is InChI=1S/C24H21F5N2O6S/c25-21-9-15(19-3-1-2-4-20(19)24(27,28)29)5-6-16(21)13-38(35,36)14-30-11-18(32)12-37-23-8-7-17(31(33)34)10-22(23)26/h1-10,18,30,32H,11-14H2. The van der Waals surface area contributed by atoms with Crippen molar-refractivity contribution in [1.29, 1.82) is 0 Å². The Labute approximate surface area is 213 Å². The lowest BCUT2D eigenvalue weighted by Gasteiger charge is -2.15. The second-order valence-corrected chi connectivity index (χ2v) is 10.2. The second kappa shape index (κ2) is 11.8. The van der Waals surface area contributed by atoms with Crippen LogP contribution in [0.3, 0.4) is 0 Å². The molecule has 0 aliphatic carbocycles. The maximum Gasteiger partial charge on any atom is 0.417 e. The van der Waals surface area contributed by atoms with Gasteiger partial charge in [-0.15, -0.1) is 0 Å². The van der Waals surface area contributed by atoms with E-state index in [9.17, 15) is 45.6 Å². The van der Waals surface area contributed by atoms with E-state index >= 15 is 0 Å². The van der Waals surface area contributed by atoms with E-state index in [0.29, 0.717) is 6.07 Å². The van der Waals surface area contributed by atoms with Gasteiger partial charge in [-0.1, -0.05) is 30.3 Å². The summed E-state index contributed by atoms with van der Waals surface area (Å²) in [6.45, 7) is -0.763. The molecule has 38 heavy (non-hydrogen) atoms. The summed E-state index contributed by atoms with van der Waals surface area (Å²) in [4.78, 5) is 9.83. The monoisotopic (exact) mass is 560 g/mol. The molecular formula is C24H21F5N2O6S. The molecule has 0 heterocycles. The van der Waals surface area contributed by atoms with Crippen molar-refractivity contribution < 1.29 is 45.1 Å². The van der Waals surface area contributed by atoms with Gasteiger partial charge in [0.2, 0.25) is 0 Å². The van der Waals surface area contributed by atoms with Crippen molar-refractivity contribution in [2.24, 2.45) is 0 Å². The normalized spacial score (nSPS) is 12.8. The summed E-state index contributed by atoms with van der Waals surface area (Å²) in [5.41, 5.74) is -2.01. The van der Waals surface area contributed by atoms with Gasteiger partial charge in [-0.2, -0.15) is 13.2 Å². The van der Waals surface area contributed by atoms with Gasteiger partial charge in [0, 0.05) is 18.2 Å². The number of nitro groups is 1. The SMILES string of the molecule is O=[N+]([O-])c1ccc(OCC(O)CNCS(=O)(=O)Cc2ccc(-c3ccccc3C(F)(F)F)cc2F)c(F)c1. The third-order valence-electron chi connectivity index (χ3n) is 5.23. The van der Waals surface area contributed by atoms with E-state index in [0.717, 1.165) is 30.3 Å². The Morgan fingerprint density at radius 1 is 1.03 bits per heavy atom. The van der Waals surface area contributed by atoms with Gasteiger partial charge >= 0.3 is 6.18 Å². The van der Waals surface area contributed by atoms with Crippen molar-refractivity contribution in [1.82, 2.24) is 5.32 Å². The van der Waals surface area contributed by atoms with Crippen LogP contribution in [0.4, 0.5) is 27.6 Å². The number of hydrogen-bond acceptors (Lipinski definition) is 7. The number of aliphatic hydroxyl groups is 1. The Hall–Kier alpha value is -3.62. The third-order valence-corrected chi connectivity index (χ3v) is 6.63. The number of sulfone groups is 1. The number of hydrogen-bond donors (Lipinski definition) is 2. The molecule has 0 radical (unpaired) electrons. The Bertz CT molecular complexity index is 1420. The van der Waals surface area contributed by atoms with E-state index in [1.165, 1.54) is 24.3 Å². The summed E-state index contributed by atoms with van der Waals surface area (Å²) in [5.74, 6) is -3.79. The van der Waals surface area contributed by atoms with Crippen molar-refractivity contribution >= 4 is 15.5 Å². The molecule has 0 fully saturated rings. The van der Waals surface area contributed by atoms with Crippen LogP contribution in [0.25, 0.3) is 11.1 Å². The second-order valence-electron chi connectivity index (χ2n) is 8.17. The van der Waals surface area contributed by atoms with Crippen molar-refractivity contribution in [3.05, 3.63) is 93.5 Å². The topological polar surface area (TPSA) is 119 Å². The molecule has 0 saturated carbocycles. The first-order valence-electron chi connectivity index (χ1n) is 10.9. The summed E-state index contributed by atoms with van der Waals surface area (Å²) < 4.78 is 98.0. The predicted octanol–water partition coefficient (Wildman–Crippen LogP) is 4.46. The van der Waals surface area contributed by atoms with Crippen molar-refractivity contribution in [2.45, 2.75) is 18.0 Å². The zero-order valence-corrected chi connectivity index (χ0v) is 20.2. The van der Waals surface area contributed by atoms with Crippen molar-refractivity contribution in [2.75, 3.05) is 19.0 Å². The molecule has 0 saturated heterocycles. The minimum atomic E-state index is -4.66. The van der Waals surface area contributed by atoms with Crippen LogP contribution >= 0.6 is 0 Å². The number of ether oxygens (including phenoxy) is 1. The van der Waals surface area contributed by atoms with Gasteiger partial charge in [0.15, 0.2) is 21.4 Å². The molecule has 3 aromatic rings. The quantitative estimate of drug-likeness (QED) is 0.202. The van der Waals surface area contributed by atoms with Crippen LogP contribution in [-0.4, -0.2) is 43.6 Å². The number of non-ortho nitro benzene ring substituents is 1. The summed E-state index contributed by atoms with van der Waals surface area (Å²) in [6.07, 6.45) is -5.95. The first-order chi connectivity index (χ1) is 17.8. The van der Waals surface area contributed by atoms with Gasteiger partial charge in [-0.05, 0) is 29.3 Å². The maximum absolute atomic E-state index is 14.6. The Morgan fingerprint density at radius 2 is 1.74 bits per heavy atom. The number of nitro benzene ring substituents is 1. The van der Waals surface area contributed by atoms with Gasteiger partial charge in [0.05, 0.1) is 28.2 Å². The molecule has 0 aliphatic heterocycles. The minimum absolute atomic E-state index is 0.0673.